The Bertz CT molecular complexity index is 1260. The Morgan fingerprint density at radius 1 is 0.875 bits per heavy atom. The first-order valence-corrected chi connectivity index (χ1v) is 11.3. The van der Waals surface area contributed by atoms with Crippen molar-refractivity contribution in [2.75, 3.05) is 26.2 Å². The molecule has 3 heterocycles. The molecule has 1 aliphatic heterocycles. The topological polar surface area (TPSA) is 40.9 Å². The molecule has 162 valence electrons. The number of aromatic nitrogens is 2. The number of carbonyl (C=O) groups is 1. The van der Waals surface area contributed by atoms with E-state index in [1.54, 1.807) is 12.1 Å². The number of piperazine rings is 1. The highest BCUT2D eigenvalue weighted by atomic mass is 35.5. The lowest BCUT2D eigenvalue weighted by molar-refractivity contribution is 0.0627. The van der Waals surface area contributed by atoms with Gasteiger partial charge in [0.15, 0.2) is 0 Å². The van der Waals surface area contributed by atoms with Crippen LogP contribution in [-0.4, -0.2) is 51.3 Å². The van der Waals surface area contributed by atoms with Crippen LogP contribution >= 0.6 is 23.2 Å². The van der Waals surface area contributed by atoms with E-state index < -0.39 is 0 Å². The number of rotatable bonds is 4. The molecule has 0 spiro atoms. The first kappa shape index (κ1) is 21.0. The van der Waals surface area contributed by atoms with E-state index in [4.69, 9.17) is 28.2 Å². The summed E-state index contributed by atoms with van der Waals surface area (Å²) in [5.74, 6) is -0.00749. The van der Waals surface area contributed by atoms with Gasteiger partial charge in [0, 0.05) is 49.5 Å². The van der Waals surface area contributed by atoms with E-state index in [0.717, 1.165) is 42.2 Å². The SMILES string of the molecule is O=C(c1ccccc1Cl)N1CCN(Cc2c(-c3ccc(Cl)cc3)nc3ccccn23)CC1. The third-order valence-electron chi connectivity index (χ3n) is 5.88. The van der Waals surface area contributed by atoms with Crippen molar-refractivity contribution < 1.29 is 4.79 Å². The van der Waals surface area contributed by atoms with Gasteiger partial charge in [-0.25, -0.2) is 4.98 Å². The fourth-order valence-corrected chi connectivity index (χ4v) is 4.51. The number of carbonyl (C=O) groups excluding carboxylic acids is 1. The zero-order valence-electron chi connectivity index (χ0n) is 17.4. The van der Waals surface area contributed by atoms with Crippen LogP contribution in [0.3, 0.4) is 0 Å². The maximum absolute atomic E-state index is 12.9. The Hall–Kier alpha value is -2.86. The molecule has 0 bridgehead atoms. The summed E-state index contributed by atoms with van der Waals surface area (Å²) in [6.45, 7) is 3.65. The summed E-state index contributed by atoms with van der Waals surface area (Å²) in [5, 5.41) is 1.21. The smallest absolute Gasteiger partial charge is 0.255 e. The fourth-order valence-electron chi connectivity index (χ4n) is 4.16. The molecule has 7 heteroatoms. The molecule has 1 aliphatic rings. The summed E-state index contributed by atoms with van der Waals surface area (Å²) < 4.78 is 2.14. The largest absolute Gasteiger partial charge is 0.336 e. The fraction of sp³-hybridized carbons (Fsp3) is 0.200. The van der Waals surface area contributed by atoms with Crippen LogP contribution in [0.1, 0.15) is 16.1 Å². The number of fused-ring (bicyclic) bond motifs is 1. The monoisotopic (exact) mass is 464 g/mol. The lowest BCUT2D eigenvalue weighted by atomic mass is 10.1. The van der Waals surface area contributed by atoms with E-state index in [0.29, 0.717) is 28.7 Å². The highest BCUT2D eigenvalue weighted by molar-refractivity contribution is 6.33. The predicted octanol–water partition coefficient (Wildman–Crippen LogP) is 5.27. The van der Waals surface area contributed by atoms with Crippen LogP contribution in [0.2, 0.25) is 10.0 Å². The summed E-state index contributed by atoms with van der Waals surface area (Å²) in [4.78, 5) is 22.0. The van der Waals surface area contributed by atoms with Gasteiger partial charge in [-0.2, -0.15) is 0 Å². The Morgan fingerprint density at radius 2 is 1.59 bits per heavy atom. The van der Waals surface area contributed by atoms with E-state index in [2.05, 4.69) is 9.30 Å². The van der Waals surface area contributed by atoms with Crippen molar-refractivity contribution in [2.45, 2.75) is 6.54 Å². The van der Waals surface area contributed by atoms with Gasteiger partial charge in [-0.15, -0.1) is 0 Å². The van der Waals surface area contributed by atoms with Gasteiger partial charge >= 0.3 is 0 Å². The Labute approximate surface area is 196 Å². The molecule has 1 saturated heterocycles. The molecule has 0 N–H and O–H groups in total. The van der Waals surface area contributed by atoms with Crippen LogP contribution in [0.5, 0.6) is 0 Å². The summed E-state index contributed by atoms with van der Waals surface area (Å²) in [6, 6.07) is 21.1. The first-order valence-electron chi connectivity index (χ1n) is 10.6. The second-order valence-electron chi connectivity index (χ2n) is 7.89. The number of benzene rings is 2. The standard InChI is InChI=1S/C25H22Cl2N4O/c26-19-10-8-18(9-11-19)24-22(31-12-4-3-7-23(31)28-24)17-29-13-15-30(16-14-29)25(32)20-5-1-2-6-21(20)27/h1-12H,13-17H2. The molecule has 5 rings (SSSR count). The number of imidazole rings is 1. The van der Waals surface area contributed by atoms with Gasteiger partial charge in [-0.05, 0) is 36.4 Å². The molecule has 0 unspecified atom stereocenters. The van der Waals surface area contributed by atoms with Crippen LogP contribution in [0.4, 0.5) is 0 Å². The molecule has 2 aromatic carbocycles. The predicted molar refractivity (Wildman–Crippen MR) is 128 cm³/mol. The molecule has 5 nitrogen and oxygen atoms in total. The Balaban J connectivity index is 1.36. The maximum atomic E-state index is 12.9. The zero-order valence-corrected chi connectivity index (χ0v) is 18.9. The minimum absolute atomic E-state index is 0.00749. The van der Waals surface area contributed by atoms with Crippen LogP contribution in [0.25, 0.3) is 16.9 Å². The second kappa shape index (κ2) is 8.94. The molecule has 0 atom stereocenters. The third-order valence-corrected chi connectivity index (χ3v) is 6.47. The summed E-state index contributed by atoms with van der Waals surface area (Å²) in [5.41, 5.74) is 4.62. The third kappa shape index (κ3) is 4.11. The average Bonchev–Trinajstić information content (AvgIpc) is 3.18. The molecule has 2 aromatic heterocycles. The Kier molecular flexibility index (Phi) is 5.87. The normalized spacial score (nSPS) is 14.8. The van der Waals surface area contributed by atoms with Crippen molar-refractivity contribution in [3.8, 4) is 11.3 Å². The van der Waals surface area contributed by atoms with Crippen LogP contribution in [0, 0.1) is 0 Å². The molecule has 32 heavy (non-hydrogen) atoms. The van der Waals surface area contributed by atoms with Crippen molar-refractivity contribution in [1.82, 2.24) is 19.2 Å². The number of halogens is 2. The van der Waals surface area contributed by atoms with E-state index >= 15 is 0 Å². The maximum Gasteiger partial charge on any atom is 0.255 e. The molecule has 0 saturated carbocycles. The van der Waals surface area contributed by atoms with Gasteiger partial charge in [0.25, 0.3) is 5.91 Å². The van der Waals surface area contributed by atoms with Crippen LogP contribution in [0.15, 0.2) is 72.9 Å². The molecule has 0 aliphatic carbocycles. The molecular formula is C25H22Cl2N4O. The molecular weight excluding hydrogens is 443 g/mol. The van der Waals surface area contributed by atoms with Crippen molar-refractivity contribution in [3.05, 3.63) is 94.2 Å². The lowest BCUT2D eigenvalue weighted by Crippen LogP contribution is -2.48. The van der Waals surface area contributed by atoms with Gasteiger partial charge in [0.05, 0.1) is 22.0 Å². The minimum atomic E-state index is -0.00749. The lowest BCUT2D eigenvalue weighted by Gasteiger charge is -2.35. The highest BCUT2D eigenvalue weighted by Crippen LogP contribution is 2.27. The van der Waals surface area contributed by atoms with E-state index in [9.17, 15) is 4.79 Å². The summed E-state index contributed by atoms with van der Waals surface area (Å²) >= 11 is 12.3. The quantitative estimate of drug-likeness (QED) is 0.413. The minimum Gasteiger partial charge on any atom is -0.336 e. The van der Waals surface area contributed by atoms with Crippen molar-refractivity contribution in [2.24, 2.45) is 0 Å². The van der Waals surface area contributed by atoms with Gasteiger partial charge in [0.1, 0.15) is 5.65 Å². The number of hydrogen-bond donors (Lipinski definition) is 0. The van der Waals surface area contributed by atoms with Crippen LogP contribution < -0.4 is 0 Å². The van der Waals surface area contributed by atoms with Crippen molar-refractivity contribution >= 4 is 34.8 Å². The summed E-state index contributed by atoms with van der Waals surface area (Å²) in [7, 11) is 0. The van der Waals surface area contributed by atoms with Gasteiger partial charge in [-0.1, -0.05) is 53.5 Å². The number of nitrogens with zero attached hydrogens (tertiary/aromatic N) is 4. The van der Waals surface area contributed by atoms with E-state index in [1.807, 2.05) is 65.7 Å². The van der Waals surface area contributed by atoms with Crippen molar-refractivity contribution in [3.63, 3.8) is 0 Å². The molecule has 4 aromatic rings. The van der Waals surface area contributed by atoms with Gasteiger partial charge in [-0.3, -0.25) is 9.69 Å². The summed E-state index contributed by atoms with van der Waals surface area (Å²) in [6.07, 6.45) is 2.05. The average molecular weight is 465 g/mol. The van der Waals surface area contributed by atoms with Crippen LogP contribution in [-0.2, 0) is 6.54 Å². The molecule has 1 amide bonds. The number of amides is 1. The Morgan fingerprint density at radius 3 is 2.34 bits per heavy atom. The highest BCUT2D eigenvalue weighted by Gasteiger charge is 2.25. The van der Waals surface area contributed by atoms with E-state index in [-0.39, 0.29) is 5.91 Å². The van der Waals surface area contributed by atoms with E-state index in [1.165, 1.54) is 0 Å². The number of hydrogen-bond acceptors (Lipinski definition) is 3. The first-order chi connectivity index (χ1) is 15.6. The van der Waals surface area contributed by atoms with Crippen molar-refractivity contribution in [1.29, 1.82) is 0 Å². The van der Waals surface area contributed by atoms with Gasteiger partial charge in [0.2, 0.25) is 0 Å². The number of pyridine rings is 1. The zero-order chi connectivity index (χ0) is 22.1. The molecule has 1 fully saturated rings. The van der Waals surface area contributed by atoms with Gasteiger partial charge < -0.3 is 9.30 Å². The second-order valence-corrected chi connectivity index (χ2v) is 8.73. The molecule has 0 radical (unpaired) electrons.